The molecule has 0 unspecified atom stereocenters. The lowest BCUT2D eigenvalue weighted by atomic mass is 10.2. The summed E-state index contributed by atoms with van der Waals surface area (Å²) >= 11 is 0. The highest BCUT2D eigenvalue weighted by Crippen LogP contribution is 2.24. The zero-order valence-electron chi connectivity index (χ0n) is 15.7. The van der Waals surface area contributed by atoms with Gasteiger partial charge in [-0.1, -0.05) is 30.3 Å². The third kappa shape index (κ3) is 5.70. The van der Waals surface area contributed by atoms with Crippen molar-refractivity contribution in [2.45, 2.75) is 32.8 Å². The first kappa shape index (κ1) is 19.2. The summed E-state index contributed by atoms with van der Waals surface area (Å²) in [5.41, 5.74) is 1.53. The maximum Gasteiger partial charge on any atom is 0.205 e. The van der Waals surface area contributed by atoms with Crippen molar-refractivity contribution < 1.29 is 13.6 Å². The summed E-state index contributed by atoms with van der Waals surface area (Å²) in [6, 6.07) is 14.3. The second-order valence-corrected chi connectivity index (χ2v) is 11.6. The van der Waals surface area contributed by atoms with Gasteiger partial charge in [0.1, 0.15) is 6.61 Å². The van der Waals surface area contributed by atoms with Crippen LogP contribution in [0.25, 0.3) is 11.4 Å². The van der Waals surface area contributed by atoms with Crippen LogP contribution in [0, 0.1) is 5.82 Å². The maximum atomic E-state index is 14.4. The lowest BCUT2D eigenvalue weighted by Gasteiger charge is -2.16. The third-order valence-electron chi connectivity index (χ3n) is 3.71. The molecule has 0 atom stereocenters. The van der Waals surface area contributed by atoms with Gasteiger partial charge in [-0.3, -0.25) is 0 Å². The van der Waals surface area contributed by atoms with Crippen LogP contribution in [0.5, 0.6) is 5.75 Å². The molecule has 6 nitrogen and oxygen atoms in total. The fourth-order valence-corrected chi connectivity index (χ4v) is 3.08. The second kappa shape index (κ2) is 8.41. The van der Waals surface area contributed by atoms with Crippen LogP contribution in [0.4, 0.5) is 4.39 Å². The number of benzene rings is 2. The predicted octanol–water partition coefficient (Wildman–Crippen LogP) is 3.91. The zero-order chi connectivity index (χ0) is 19.3. The number of hydrogen-bond donors (Lipinski definition) is 0. The minimum absolute atomic E-state index is 0.193. The Labute approximate surface area is 159 Å². The summed E-state index contributed by atoms with van der Waals surface area (Å²) < 4.78 is 25.7. The SMILES string of the molecule is C[Si](C)(C)OCCn1nnc(-c2ccc(OCc3ccccc3)c(F)c2)n1. The molecule has 1 aromatic heterocycles. The molecule has 0 spiro atoms. The van der Waals surface area contributed by atoms with Crippen molar-refractivity contribution in [1.29, 1.82) is 0 Å². The number of rotatable bonds is 8. The molecule has 3 rings (SSSR count). The van der Waals surface area contributed by atoms with Gasteiger partial charge in [0.2, 0.25) is 5.82 Å². The van der Waals surface area contributed by atoms with Gasteiger partial charge < -0.3 is 9.16 Å². The molecule has 0 saturated carbocycles. The Bertz CT molecular complexity index is 881. The van der Waals surface area contributed by atoms with E-state index in [0.29, 0.717) is 31.1 Å². The van der Waals surface area contributed by atoms with E-state index in [1.165, 1.54) is 10.9 Å². The van der Waals surface area contributed by atoms with E-state index in [-0.39, 0.29) is 5.75 Å². The Morgan fingerprint density at radius 2 is 1.85 bits per heavy atom. The number of tetrazole rings is 1. The standard InChI is InChI=1S/C19H23FN4O2Si/c1-27(2,3)26-12-11-24-22-19(21-23-24)16-9-10-18(17(20)13-16)25-14-15-7-5-4-6-8-15/h4-10,13H,11-12,14H2,1-3H3. The Kier molecular flexibility index (Phi) is 5.97. The van der Waals surface area contributed by atoms with Crippen molar-refractivity contribution in [3.05, 3.63) is 59.9 Å². The Balaban J connectivity index is 1.62. The monoisotopic (exact) mass is 386 g/mol. The van der Waals surface area contributed by atoms with Crippen LogP contribution in [-0.2, 0) is 17.6 Å². The highest BCUT2D eigenvalue weighted by atomic mass is 28.4. The molecule has 3 aromatic rings. The highest BCUT2D eigenvalue weighted by molar-refractivity contribution is 6.69. The zero-order valence-corrected chi connectivity index (χ0v) is 16.7. The molecule has 1 heterocycles. The lowest BCUT2D eigenvalue weighted by molar-refractivity contribution is 0.274. The van der Waals surface area contributed by atoms with Crippen LogP contribution < -0.4 is 4.74 Å². The summed E-state index contributed by atoms with van der Waals surface area (Å²) in [6.07, 6.45) is 0. The van der Waals surface area contributed by atoms with Gasteiger partial charge in [0.25, 0.3) is 0 Å². The van der Waals surface area contributed by atoms with Crippen molar-refractivity contribution in [3.63, 3.8) is 0 Å². The summed E-state index contributed by atoms with van der Waals surface area (Å²) in [5.74, 6) is 0.108. The van der Waals surface area contributed by atoms with E-state index < -0.39 is 14.1 Å². The first-order valence-corrected chi connectivity index (χ1v) is 12.2. The van der Waals surface area contributed by atoms with E-state index in [2.05, 4.69) is 35.1 Å². The number of ether oxygens (including phenoxy) is 1. The normalized spacial score (nSPS) is 11.6. The van der Waals surface area contributed by atoms with Crippen LogP contribution in [0.15, 0.2) is 48.5 Å². The number of halogens is 1. The van der Waals surface area contributed by atoms with Gasteiger partial charge in [0.15, 0.2) is 19.9 Å². The maximum absolute atomic E-state index is 14.4. The van der Waals surface area contributed by atoms with Gasteiger partial charge >= 0.3 is 0 Å². The van der Waals surface area contributed by atoms with Gasteiger partial charge in [0, 0.05) is 5.56 Å². The largest absolute Gasteiger partial charge is 0.486 e. The van der Waals surface area contributed by atoms with E-state index >= 15 is 0 Å². The molecule has 8 heteroatoms. The van der Waals surface area contributed by atoms with Crippen LogP contribution in [0.1, 0.15) is 5.56 Å². The van der Waals surface area contributed by atoms with Crippen LogP contribution in [-0.4, -0.2) is 35.1 Å². The van der Waals surface area contributed by atoms with Gasteiger partial charge in [-0.05, 0) is 48.6 Å². The molecule has 0 N–H and O–H groups in total. The van der Waals surface area contributed by atoms with Gasteiger partial charge in [0.05, 0.1) is 13.2 Å². The quantitative estimate of drug-likeness (QED) is 0.549. The predicted molar refractivity (Wildman–Crippen MR) is 103 cm³/mol. The van der Waals surface area contributed by atoms with Crippen molar-refractivity contribution in [1.82, 2.24) is 20.2 Å². The summed E-state index contributed by atoms with van der Waals surface area (Å²) in [6.45, 7) is 7.72. The van der Waals surface area contributed by atoms with Crippen molar-refractivity contribution in [2.75, 3.05) is 6.61 Å². The summed E-state index contributed by atoms with van der Waals surface area (Å²) in [4.78, 5) is 1.47. The molecule has 0 radical (unpaired) electrons. The van der Waals surface area contributed by atoms with Crippen molar-refractivity contribution >= 4 is 8.32 Å². The molecule has 0 aliphatic heterocycles. The fraction of sp³-hybridized carbons (Fsp3) is 0.316. The van der Waals surface area contributed by atoms with Gasteiger partial charge in [-0.25, -0.2) is 4.39 Å². The van der Waals surface area contributed by atoms with Crippen LogP contribution in [0.2, 0.25) is 19.6 Å². The molecular formula is C19H23FN4O2Si. The minimum Gasteiger partial charge on any atom is -0.486 e. The number of nitrogens with zero attached hydrogens (tertiary/aromatic N) is 4. The lowest BCUT2D eigenvalue weighted by Crippen LogP contribution is -2.27. The molecule has 0 bridgehead atoms. The average Bonchev–Trinajstić information content (AvgIpc) is 3.09. The molecular weight excluding hydrogens is 363 g/mol. The summed E-state index contributed by atoms with van der Waals surface area (Å²) in [7, 11) is -1.57. The van der Waals surface area contributed by atoms with E-state index in [1.807, 2.05) is 30.3 Å². The molecule has 27 heavy (non-hydrogen) atoms. The smallest absolute Gasteiger partial charge is 0.205 e. The van der Waals surface area contributed by atoms with Gasteiger partial charge in [-0.2, -0.15) is 4.80 Å². The second-order valence-electron chi connectivity index (χ2n) is 7.09. The van der Waals surface area contributed by atoms with E-state index in [1.54, 1.807) is 12.1 Å². The molecule has 0 aliphatic carbocycles. The molecule has 0 aliphatic rings. The van der Waals surface area contributed by atoms with Crippen LogP contribution in [0.3, 0.4) is 0 Å². The fourth-order valence-electron chi connectivity index (χ4n) is 2.38. The topological polar surface area (TPSA) is 62.1 Å². The molecule has 0 fully saturated rings. The van der Waals surface area contributed by atoms with E-state index in [9.17, 15) is 4.39 Å². The average molecular weight is 387 g/mol. The van der Waals surface area contributed by atoms with Gasteiger partial charge in [-0.15, -0.1) is 10.2 Å². The minimum atomic E-state index is -1.57. The van der Waals surface area contributed by atoms with Crippen molar-refractivity contribution in [2.24, 2.45) is 0 Å². The van der Waals surface area contributed by atoms with E-state index in [4.69, 9.17) is 9.16 Å². The first-order valence-electron chi connectivity index (χ1n) is 8.79. The molecule has 0 saturated heterocycles. The van der Waals surface area contributed by atoms with Crippen molar-refractivity contribution in [3.8, 4) is 17.1 Å². The van der Waals surface area contributed by atoms with E-state index in [0.717, 1.165) is 5.56 Å². The first-order chi connectivity index (χ1) is 12.9. The molecule has 142 valence electrons. The highest BCUT2D eigenvalue weighted by Gasteiger charge is 2.15. The molecule has 0 amide bonds. The Morgan fingerprint density at radius 1 is 1.07 bits per heavy atom. The summed E-state index contributed by atoms with van der Waals surface area (Å²) in [5, 5.41) is 12.3. The van der Waals surface area contributed by atoms with Crippen LogP contribution >= 0.6 is 0 Å². The Hall–Kier alpha value is -2.58. The molecule has 2 aromatic carbocycles. The Morgan fingerprint density at radius 3 is 2.56 bits per heavy atom. The number of aromatic nitrogens is 4. The number of hydrogen-bond acceptors (Lipinski definition) is 5. The third-order valence-corrected chi connectivity index (χ3v) is 4.78.